The predicted molar refractivity (Wildman–Crippen MR) is 388 cm³/mol. The van der Waals surface area contributed by atoms with Crippen molar-refractivity contribution in [3.8, 4) is 0 Å². The molecular weight excluding hydrogens is 1120 g/mol. The molecule has 6 unspecified atom stereocenters. The topological polar surface area (TPSA) is 132 Å². The van der Waals surface area contributed by atoms with Crippen LogP contribution in [0.25, 0.3) is 0 Å². The monoisotopic (exact) mass is 1270 g/mol. The largest absolute Gasteiger partial charge is 0.423 e. The average molecular weight is 1270 g/mol. The van der Waals surface area contributed by atoms with E-state index in [2.05, 4.69) is 50.6 Å². The van der Waals surface area contributed by atoms with Crippen LogP contribution in [-0.4, -0.2) is 92.0 Å². The van der Waals surface area contributed by atoms with E-state index in [0.29, 0.717) is 25.7 Å². The third-order valence-corrected chi connectivity index (χ3v) is 18.9. The molecule has 85 heavy (non-hydrogen) atoms. The van der Waals surface area contributed by atoms with Gasteiger partial charge in [0, 0.05) is 46.5 Å². The van der Waals surface area contributed by atoms with Crippen molar-refractivity contribution < 1.29 is 23.2 Å². The second-order valence-electron chi connectivity index (χ2n) is 25.7. The van der Waals surface area contributed by atoms with Gasteiger partial charge in [-0.15, -0.1) is 17.5 Å². The maximum atomic E-state index is 13.1. The molecule has 0 aliphatic carbocycles. The van der Waals surface area contributed by atoms with Gasteiger partial charge in [-0.2, -0.15) is 0 Å². The number of amides is 3. The molecule has 0 saturated heterocycles. The van der Waals surface area contributed by atoms with Crippen molar-refractivity contribution in [1.82, 2.24) is 16.0 Å². The molecule has 0 aliphatic rings. The highest BCUT2D eigenvalue weighted by Crippen LogP contribution is 2.19. The molecule has 0 rings (SSSR count). The summed E-state index contributed by atoms with van der Waals surface area (Å²) in [6.07, 6.45) is 66.0. The van der Waals surface area contributed by atoms with Crippen LogP contribution in [0.4, 0.5) is 0 Å². The van der Waals surface area contributed by atoms with Crippen molar-refractivity contribution in [2.45, 2.75) is 418 Å². The molecule has 0 bridgehead atoms. The van der Waals surface area contributed by atoms with Crippen LogP contribution in [0.5, 0.6) is 0 Å². The highest BCUT2D eigenvalue weighted by molar-refractivity contribution is 7.71. The number of nitrogens with two attached hydrogens (primary N) is 1. The van der Waals surface area contributed by atoms with Gasteiger partial charge in [-0.25, -0.2) is 0 Å². The molecule has 0 heterocycles. The summed E-state index contributed by atoms with van der Waals surface area (Å²) in [6, 6.07) is -0.263. The molecule has 4 radical (unpaired) electrons. The molecule has 0 aromatic rings. The van der Waals surface area contributed by atoms with Crippen LogP contribution >= 0.6 is 17.5 Å². The molecule has 0 aromatic heterocycles. The Bertz CT molecular complexity index is 1540. The maximum Gasteiger partial charge on any atom is 0.220 e. The highest BCUT2D eigenvalue weighted by atomic mass is 31.3. The predicted octanol–water partition coefficient (Wildman–Crippen LogP) is 19.3. The molecule has 8 atom stereocenters. The van der Waals surface area contributed by atoms with Crippen molar-refractivity contribution in [2.24, 2.45) is 5.73 Å². The molecule has 0 fully saturated rings. The second-order valence-corrected chi connectivity index (χ2v) is 30.7. The van der Waals surface area contributed by atoms with Crippen molar-refractivity contribution in [3.63, 3.8) is 0 Å². The van der Waals surface area contributed by atoms with Gasteiger partial charge < -0.3 is 30.5 Å². The first-order chi connectivity index (χ1) is 43.1. The van der Waals surface area contributed by atoms with E-state index in [-0.39, 0.29) is 55.1 Å². The summed E-state index contributed by atoms with van der Waals surface area (Å²) < 4.78 is 42.2. The van der Waals surface area contributed by atoms with Gasteiger partial charge in [0.25, 0.3) is 0 Å². The summed E-state index contributed by atoms with van der Waals surface area (Å²) in [6.45, 7) is 11.7. The van der Waals surface area contributed by atoms with Gasteiger partial charge in [-0.3, -0.25) is 14.4 Å². The van der Waals surface area contributed by atoms with Crippen molar-refractivity contribution in [1.29, 1.82) is 5.03 Å². The minimum absolute atomic E-state index is 0.0243. The van der Waals surface area contributed by atoms with Crippen molar-refractivity contribution >= 4 is 67.1 Å². The number of carbonyl (C=O) groups is 3. The van der Waals surface area contributed by atoms with E-state index in [1.54, 1.807) is 0 Å². The zero-order valence-electron chi connectivity index (χ0n) is 61.1. The summed E-state index contributed by atoms with van der Waals surface area (Å²) in [4.78, 5) is 38.7. The summed E-state index contributed by atoms with van der Waals surface area (Å²) in [5, 5.41) is 9.82. The Morgan fingerprint density at radius 3 is 0.871 bits per heavy atom. The van der Waals surface area contributed by atoms with Crippen LogP contribution in [0, 0.1) is 0 Å². The van der Waals surface area contributed by atoms with Crippen LogP contribution < -0.4 is 21.7 Å². The number of rotatable bonds is 69. The zero-order chi connectivity index (χ0) is 66.0. The second kappa shape index (κ2) is 71.2. The summed E-state index contributed by atoms with van der Waals surface area (Å²) in [7, 11) is 4.39. The lowest BCUT2D eigenvalue weighted by atomic mass is 9.99. The van der Waals surface area contributed by atoms with E-state index >= 15 is 0 Å². The van der Waals surface area contributed by atoms with Gasteiger partial charge in [-0.05, 0) is 57.8 Å². The summed E-state index contributed by atoms with van der Waals surface area (Å²) in [5.74, 6) is 0.340. The normalized spacial score (nSPS) is 15.3. The lowest BCUT2D eigenvalue weighted by molar-refractivity contribution is -0.123. The van der Waals surface area contributed by atoms with Crippen molar-refractivity contribution in [3.05, 3.63) is 0 Å². The molecule has 0 spiro atoms. The third kappa shape index (κ3) is 71.0. The van der Waals surface area contributed by atoms with E-state index in [0.717, 1.165) is 83.5 Å². The first-order valence-corrected chi connectivity index (χ1v) is 43.0. The van der Waals surface area contributed by atoms with Gasteiger partial charge >= 0.3 is 0 Å². The Kier molecular flexibility index (Phi) is 66.1. The highest BCUT2D eigenvalue weighted by Gasteiger charge is 2.19. The maximum absolute atomic E-state index is 13.1. The van der Waals surface area contributed by atoms with E-state index in [1.165, 1.54) is 250 Å². The molecule has 9 nitrogen and oxygen atoms in total. The molecule has 0 aliphatic heterocycles. The van der Waals surface area contributed by atoms with Gasteiger partial charge in [0.2, 0.25) is 17.7 Å². The molecule has 0 aromatic carbocycles. The van der Waals surface area contributed by atoms with Crippen molar-refractivity contribution in [2.75, 3.05) is 13.2 Å². The van der Waals surface area contributed by atoms with Crippen LogP contribution in [-0.2, 0) is 23.2 Å². The molecule has 500 valence electrons. The molecule has 3 amide bonds. The Hall–Kier alpha value is -0.286. The van der Waals surface area contributed by atoms with Gasteiger partial charge in [0.15, 0.2) is 0 Å². The molecule has 15 heteroatoms. The Morgan fingerprint density at radius 1 is 0.365 bits per heavy atom. The lowest BCUT2D eigenvalue weighted by Crippen LogP contribution is -2.41. The smallest absolute Gasteiger partial charge is 0.220 e. The number of carbonyl (C=O) groups excluding carboxylic acids is 3. The minimum Gasteiger partial charge on any atom is -0.423 e. The van der Waals surface area contributed by atoms with Crippen LogP contribution in [0.2, 0.25) is 0 Å². The van der Waals surface area contributed by atoms with Crippen LogP contribution in [0.1, 0.15) is 394 Å². The number of hydrogen-bond acceptors (Lipinski definition) is 6. The quantitative estimate of drug-likeness (QED) is 0.0272. The Labute approximate surface area is 545 Å². The van der Waals surface area contributed by atoms with E-state index < -0.39 is 34.5 Å². The van der Waals surface area contributed by atoms with Gasteiger partial charge in [-0.1, -0.05) is 317 Å². The average Bonchev–Trinajstić information content (AvgIpc) is 3.55. The number of nitrogens with one attached hydrogen (secondary N) is 3. The van der Waals surface area contributed by atoms with E-state index in [4.69, 9.17) is 34.5 Å². The summed E-state index contributed by atoms with van der Waals surface area (Å²) in [5.41, 5.74) is 6.20. The Balaban J connectivity index is 0. The van der Waals surface area contributed by atoms with Gasteiger partial charge in [0.1, 0.15) is 17.0 Å². The number of hydrogen-bond donors (Lipinski definition) is 4. The van der Waals surface area contributed by atoms with Crippen LogP contribution in [0.3, 0.4) is 0 Å². The first kappa shape index (κ1) is 79.0. The minimum atomic E-state index is -3.28. The molecular formula is C70H146B2N4O5P2Si2. The lowest BCUT2D eigenvalue weighted by Gasteiger charge is -2.24. The molecule has 5 N–H and O–H groups in total. The zero-order valence-corrected chi connectivity index (χ0v) is 61.1. The number of unbranched alkanes of at least 4 members (excludes halogenated alkanes) is 42. The fourth-order valence-electron chi connectivity index (χ4n) is 11.5. The van der Waals surface area contributed by atoms with Gasteiger partial charge in [0.05, 0.1) is 30.1 Å². The third-order valence-electron chi connectivity index (χ3n) is 17.1. The molecule has 0 saturated carbocycles. The summed E-state index contributed by atoms with van der Waals surface area (Å²) >= 11 is 0. The van der Waals surface area contributed by atoms with Crippen LogP contribution in [0.15, 0.2) is 0 Å². The van der Waals surface area contributed by atoms with E-state index in [1.807, 2.05) is 0 Å². The SMILES string of the molecule is [2H][Si]([B])(OC[C@@H](CCC(CCCCCCCCC)NC(=O)CCCCCCCCCCCCC)NC(=O)CCCCCCCCCCCCC)P[3H].[2H][Si]([B])(OC[C@H](N)CCC(CCCCCCCCC)NC(=O)CCCCCCCCCCCCC)P[3H]. The first-order valence-electron chi connectivity index (χ1n) is 39.0. The fourth-order valence-corrected chi connectivity index (χ4v) is 12.8. The standard InChI is InChI=1S/C42H86BN2O3PSi.C28H60BN2O2PSi/c1-4-7-10-13-16-18-20-22-25-28-31-34-41(46)44-39(33-30-27-24-15-12-9-6-3)36-37-40(38-48-50(43)49)45-42(47)35-32-29-26-23-21-19-17-14-11-8-5-2;1-3-5-7-9-11-12-13-14-16-18-20-22-28(32)31-27(21-19-17-15-10-8-6-4-2)24-23-26(30)25-33-35(29)34/h39-40,50H,4-38,49H2,1-3H3,(H,44,46)(H,45,47);26-27,35H,3-25,30,34H2,1-2H3,(H,31,32)/t39?,40-,50?;26-,27?,35?/m11/s1/i49T,50D;34T,35D/t39?,40-,49?,50?;26-,27?,34?,35?. The fraction of sp³-hybridized carbons (Fsp3) is 0.957. The Morgan fingerprint density at radius 2 is 0.588 bits per heavy atom. The van der Waals surface area contributed by atoms with E-state index in [9.17, 15) is 14.4 Å².